The fourth-order valence-corrected chi connectivity index (χ4v) is 3.61. The second-order valence-corrected chi connectivity index (χ2v) is 7.37. The fourth-order valence-electron chi connectivity index (χ4n) is 3.14. The Morgan fingerprint density at radius 2 is 1.97 bits per heavy atom. The van der Waals surface area contributed by atoms with Gasteiger partial charge in [-0.3, -0.25) is 14.5 Å². The van der Waals surface area contributed by atoms with Crippen LogP contribution in [0.3, 0.4) is 0 Å². The Kier molecular flexibility index (Phi) is 5.22. The molecule has 0 atom stereocenters. The Morgan fingerprint density at radius 3 is 2.72 bits per heavy atom. The number of hydrogen-bond donors (Lipinski definition) is 1. The van der Waals surface area contributed by atoms with Gasteiger partial charge < -0.3 is 5.32 Å². The first-order valence-corrected chi connectivity index (χ1v) is 9.50. The van der Waals surface area contributed by atoms with Crippen LogP contribution in [-0.2, 0) is 6.54 Å². The van der Waals surface area contributed by atoms with Crippen molar-refractivity contribution in [2.45, 2.75) is 13.5 Å². The average Bonchev–Trinajstić information content (AvgIpc) is 3.01. The standard InChI is InChI=1S/C21H15Cl2FN4O/c1-12-9-25-10-17(24)19(12)21(29)26-20-15-4-2-3-5-18(15)28(27-20)11-13-6-7-14(22)8-16(13)23/h2-10H,11H2,1H3,(H,26,27,29). The van der Waals surface area contributed by atoms with Gasteiger partial charge in [-0.05, 0) is 42.3 Å². The van der Waals surface area contributed by atoms with Crippen molar-refractivity contribution in [3.05, 3.63) is 87.4 Å². The number of carbonyl (C=O) groups excluding carboxylic acids is 1. The number of amides is 1. The summed E-state index contributed by atoms with van der Waals surface area (Å²) in [6, 6.07) is 12.7. The lowest BCUT2D eigenvalue weighted by molar-refractivity contribution is 0.102. The first-order valence-electron chi connectivity index (χ1n) is 8.75. The highest BCUT2D eigenvalue weighted by atomic mass is 35.5. The van der Waals surface area contributed by atoms with E-state index in [1.165, 1.54) is 6.20 Å². The van der Waals surface area contributed by atoms with Gasteiger partial charge in [0.05, 0.1) is 23.8 Å². The molecular weight excluding hydrogens is 414 g/mol. The van der Waals surface area contributed by atoms with E-state index in [4.69, 9.17) is 23.2 Å². The number of nitrogens with zero attached hydrogens (tertiary/aromatic N) is 3. The molecule has 146 valence electrons. The lowest BCUT2D eigenvalue weighted by Crippen LogP contribution is -2.16. The van der Waals surface area contributed by atoms with Gasteiger partial charge in [-0.25, -0.2) is 4.39 Å². The van der Waals surface area contributed by atoms with Crippen LogP contribution < -0.4 is 5.32 Å². The van der Waals surface area contributed by atoms with Crippen molar-refractivity contribution in [2.75, 3.05) is 5.32 Å². The lowest BCUT2D eigenvalue weighted by atomic mass is 10.1. The molecule has 0 bridgehead atoms. The van der Waals surface area contributed by atoms with Crippen molar-refractivity contribution in [1.82, 2.24) is 14.8 Å². The molecular formula is C21H15Cl2FN4O. The van der Waals surface area contributed by atoms with Gasteiger partial charge >= 0.3 is 0 Å². The maximum Gasteiger partial charge on any atom is 0.260 e. The van der Waals surface area contributed by atoms with Crippen molar-refractivity contribution in [3.8, 4) is 0 Å². The van der Waals surface area contributed by atoms with Crippen molar-refractivity contribution in [1.29, 1.82) is 0 Å². The van der Waals surface area contributed by atoms with Crippen LogP contribution >= 0.6 is 23.2 Å². The molecule has 8 heteroatoms. The third kappa shape index (κ3) is 3.81. The van der Waals surface area contributed by atoms with E-state index in [9.17, 15) is 9.18 Å². The summed E-state index contributed by atoms with van der Waals surface area (Å²) >= 11 is 12.3. The fraction of sp³-hybridized carbons (Fsp3) is 0.0952. The molecule has 5 nitrogen and oxygen atoms in total. The van der Waals surface area contributed by atoms with Gasteiger partial charge in [-0.2, -0.15) is 5.10 Å². The smallest absolute Gasteiger partial charge is 0.260 e. The number of hydrogen-bond acceptors (Lipinski definition) is 3. The Hall–Kier alpha value is -2.96. The summed E-state index contributed by atoms with van der Waals surface area (Å²) in [5, 5.41) is 9.06. The first kappa shape index (κ1) is 19.4. The largest absolute Gasteiger partial charge is 0.304 e. The normalized spacial score (nSPS) is 11.0. The van der Waals surface area contributed by atoms with Gasteiger partial charge in [0.25, 0.3) is 5.91 Å². The minimum atomic E-state index is -0.681. The van der Waals surface area contributed by atoms with E-state index >= 15 is 0 Å². The predicted octanol–water partition coefficient (Wildman–Crippen LogP) is 5.49. The van der Waals surface area contributed by atoms with E-state index in [2.05, 4.69) is 15.4 Å². The number of halogens is 3. The zero-order valence-corrected chi connectivity index (χ0v) is 16.8. The summed E-state index contributed by atoms with van der Waals surface area (Å²) in [5.41, 5.74) is 2.03. The highest BCUT2D eigenvalue weighted by Gasteiger charge is 2.19. The quantitative estimate of drug-likeness (QED) is 0.467. The van der Waals surface area contributed by atoms with Crippen LogP contribution in [0.25, 0.3) is 10.9 Å². The number of carbonyl (C=O) groups is 1. The van der Waals surface area contributed by atoms with Crippen LogP contribution in [0.2, 0.25) is 10.0 Å². The second kappa shape index (κ2) is 7.81. The maximum absolute atomic E-state index is 14.1. The van der Waals surface area contributed by atoms with Crippen LogP contribution in [0.15, 0.2) is 54.9 Å². The zero-order valence-electron chi connectivity index (χ0n) is 15.3. The second-order valence-electron chi connectivity index (χ2n) is 6.53. The Morgan fingerprint density at radius 1 is 1.17 bits per heavy atom. The van der Waals surface area contributed by atoms with Gasteiger partial charge in [0.2, 0.25) is 0 Å². The van der Waals surface area contributed by atoms with Gasteiger partial charge in [0.1, 0.15) is 0 Å². The molecule has 0 radical (unpaired) electrons. The molecule has 0 aliphatic carbocycles. The number of fused-ring (bicyclic) bond motifs is 1. The number of anilines is 1. The molecule has 2 heterocycles. The molecule has 4 aromatic rings. The van der Waals surface area contributed by atoms with Crippen LogP contribution in [0, 0.1) is 12.7 Å². The third-order valence-corrected chi connectivity index (χ3v) is 5.13. The molecule has 0 aliphatic rings. The molecule has 2 aromatic heterocycles. The van der Waals surface area contributed by atoms with Crippen molar-refractivity contribution in [2.24, 2.45) is 0 Å². The molecule has 0 aliphatic heterocycles. The van der Waals surface area contributed by atoms with Gasteiger partial charge in [-0.1, -0.05) is 41.4 Å². The summed E-state index contributed by atoms with van der Waals surface area (Å²) in [6.07, 6.45) is 2.46. The molecule has 0 fully saturated rings. The minimum Gasteiger partial charge on any atom is -0.304 e. The highest BCUT2D eigenvalue weighted by molar-refractivity contribution is 6.35. The molecule has 0 unspecified atom stereocenters. The van der Waals surface area contributed by atoms with Crippen molar-refractivity contribution in [3.63, 3.8) is 0 Å². The monoisotopic (exact) mass is 428 g/mol. The van der Waals surface area contributed by atoms with Crippen LogP contribution in [0.5, 0.6) is 0 Å². The molecule has 0 saturated heterocycles. The summed E-state index contributed by atoms with van der Waals surface area (Å²) in [4.78, 5) is 16.4. The van der Waals surface area contributed by atoms with E-state index in [-0.39, 0.29) is 5.56 Å². The minimum absolute atomic E-state index is 0.0561. The Labute approximate surface area is 176 Å². The van der Waals surface area contributed by atoms with E-state index < -0.39 is 11.7 Å². The topological polar surface area (TPSA) is 59.8 Å². The van der Waals surface area contributed by atoms with E-state index in [1.54, 1.807) is 23.7 Å². The molecule has 1 amide bonds. The summed E-state index contributed by atoms with van der Waals surface area (Å²) in [5.74, 6) is -0.923. The molecule has 0 saturated carbocycles. The number of pyridine rings is 1. The van der Waals surface area contributed by atoms with Gasteiger partial charge in [0, 0.05) is 21.6 Å². The van der Waals surface area contributed by atoms with Crippen LogP contribution in [0.4, 0.5) is 10.2 Å². The van der Waals surface area contributed by atoms with E-state index in [1.807, 2.05) is 30.3 Å². The van der Waals surface area contributed by atoms with E-state index in [0.29, 0.717) is 28.0 Å². The number of aryl methyl sites for hydroxylation is 1. The maximum atomic E-state index is 14.1. The number of nitrogens with one attached hydrogen (secondary N) is 1. The molecule has 2 aromatic carbocycles. The van der Waals surface area contributed by atoms with Gasteiger partial charge in [0.15, 0.2) is 11.6 Å². The zero-order chi connectivity index (χ0) is 20.5. The van der Waals surface area contributed by atoms with E-state index in [0.717, 1.165) is 22.7 Å². The Bertz CT molecular complexity index is 1220. The molecule has 29 heavy (non-hydrogen) atoms. The van der Waals surface area contributed by atoms with Crippen LogP contribution in [0.1, 0.15) is 21.5 Å². The lowest BCUT2D eigenvalue weighted by Gasteiger charge is -2.07. The Balaban J connectivity index is 1.72. The van der Waals surface area contributed by atoms with Gasteiger partial charge in [-0.15, -0.1) is 0 Å². The molecule has 1 N–H and O–H groups in total. The number of aromatic nitrogens is 3. The first-order chi connectivity index (χ1) is 13.9. The molecule has 0 spiro atoms. The third-order valence-electron chi connectivity index (χ3n) is 4.54. The number of benzene rings is 2. The van der Waals surface area contributed by atoms with Crippen molar-refractivity contribution >= 4 is 45.8 Å². The molecule has 4 rings (SSSR count). The predicted molar refractivity (Wildman–Crippen MR) is 112 cm³/mol. The SMILES string of the molecule is Cc1cncc(F)c1C(=O)Nc1nn(Cc2ccc(Cl)cc2Cl)c2ccccc12. The highest BCUT2D eigenvalue weighted by Crippen LogP contribution is 2.27. The van der Waals surface area contributed by atoms with Crippen molar-refractivity contribution < 1.29 is 9.18 Å². The average molecular weight is 429 g/mol. The number of para-hydroxylation sites is 1. The van der Waals surface area contributed by atoms with Crippen LogP contribution in [-0.4, -0.2) is 20.7 Å². The summed E-state index contributed by atoms with van der Waals surface area (Å²) < 4.78 is 15.8. The number of rotatable bonds is 4. The summed E-state index contributed by atoms with van der Waals surface area (Å²) in [6.45, 7) is 2.01. The summed E-state index contributed by atoms with van der Waals surface area (Å²) in [7, 11) is 0.